The molecule has 0 unspecified atom stereocenters. The summed E-state index contributed by atoms with van der Waals surface area (Å²) >= 11 is 0. The Hall–Kier alpha value is -2.62. The van der Waals surface area contributed by atoms with Crippen molar-refractivity contribution in [2.24, 2.45) is 0 Å². The highest BCUT2D eigenvalue weighted by molar-refractivity contribution is 5.63. The van der Waals surface area contributed by atoms with E-state index in [1.807, 2.05) is 55.5 Å². The summed E-state index contributed by atoms with van der Waals surface area (Å²) in [6, 6.07) is 15.4. The van der Waals surface area contributed by atoms with Gasteiger partial charge in [-0.15, -0.1) is 0 Å². The fourth-order valence-electron chi connectivity index (χ4n) is 1.83. The zero-order valence-electron chi connectivity index (χ0n) is 10.5. The lowest BCUT2D eigenvalue weighted by molar-refractivity contribution is 0.432. The summed E-state index contributed by atoms with van der Waals surface area (Å²) in [5.41, 5.74) is 9.38. The van der Waals surface area contributed by atoms with Crippen LogP contribution in [-0.2, 0) is 0 Å². The van der Waals surface area contributed by atoms with Crippen LogP contribution in [0.15, 0.2) is 53.1 Å². The quantitative estimate of drug-likeness (QED) is 0.710. The third kappa shape index (κ3) is 2.33. The second kappa shape index (κ2) is 4.57. The number of aromatic nitrogens is 2. The highest BCUT2D eigenvalue weighted by atomic mass is 16.5. The minimum Gasteiger partial charge on any atom is -0.399 e. The first kappa shape index (κ1) is 11.5. The molecule has 0 spiro atoms. The molecule has 0 saturated carbocycles. The highest BCUT2D eigenvalue weighted by Gasteiger charge is 2.10. The van der Waals surface area contributed by atoms with E-state index in [1.165, 1.54) is 5.56 Å². The molecule has 0 bridgehead atoms. The molecule has 19 heavy (non-hydrogen) atoms. The molecule has 0 aliphatic rings. The summed E-state index contributed by atoms with van der Waals surface area (Å²) in [5, 5.41) is 3.98. The Kier molecular flexibility index (Phi) is 2.76. The number of nitrogens with zero attached hydrogens (tertiary/aromatic N) is 2. The van der Waals surface area contributed by atoms with Gasteiger partial charge in [0.1, 0.15) is 0 Å². The van der Waals surface area contributed by atoms with Crippen LogP contribution < -0.4 is 5.73 Å². The zero-order valence-corrected chi connectivity index (χ0v) is 10.5. The Morgan fingerprint density at radius 1 is 1.00 bits per heavy atom. The summed E-state index contributed by atoms with van der Waals surface area (Å²) in [7, 11) is 0. The van der Waals surface area contributed by atoms with Gasteiger partial charge in [-0.25, -0.2) is 0 Å². The monoisotopic (exact) mass is 251 g/mol. The van der Waals surface area contributed by atoms with Crippen LogP contribution in [0.25, 0.3) is 22.8 Å². The molecular formula is C15H13N3O. The van der Waals surface area contributed by atoms with E-state index in [0.717, 1.165) is 11.1 Å². The molecule has 2 aromatic carbocycles. The summed E-state index contributed by atoms with van der Waals surface area (Å²) in [5.74, 6) is 1.06. The van der Waals surface area contributed by atoms with Crippen molar-refractivity contribution in [2.45, 2.75) is 6.92 Å². The number of nitrogen functional groups attached to an aromatic ring is 1. The second-order valence-corrected chi connectivity index (χ2v) is 4.41. The molecule has 0 fully saturated rings. The van der Waals surface area contributed by atoms with Crippen molar-refractivity contribution in [3.63, 3.8) is 0 Å². The largest absolute Gasteiger partial charge is 0.399 e. The summed E-state index contributed by atoms with van der Waals surface area (Å²) < 4.78 is 5.28. The summed E-state index contributed by atoms with van der Waals surface area (Å²) in [6.07, 6.45) is 0. The van der Waals surface area contributed by atoms with Crippen molar-refractivity contribution in [3.8, 4) is 22.8 Å². The van der Waals surface area contributed by atoms with Gasteiger partial charge >= 0.3 is 0 Å². The van der Waals surface area contributed by atoms with Crippen LogP contribution in [0.4, 0.5) is 5.69 Å². The van der Waals surface area contributed by atoms with Crippen molar-refractivity contribution >= 4 is 5.69 Å². The maximum absolute atomic E-state index is 5.74. The van der Waals surface area contributed by atoms with Gasteiger partial charge in [-0.05, 0) is 31.2 Å². The lowest BCUT2D eigenvalue weighted by atomic mass is 10.1. The predicted octanol–water partition coefficient (Wildman–Crippen LogP) is 3.29. The summed E-state index contributed by atoms with van der Waals surface area (Å²) in [4.78, 5) is 4.39. The first-order valence-corrected chi connectivity index (χ1v) is 5.99. The molecule has 4 nitrogen and oxygen atoms in total. The Morgan fingerprint density at radius 2 is 1.79 bits per heavy atom. The van der Waals surface area contributed by atoms with Crippen LogP contribution in [0, 0.1) is 6.92 Å². The van der Waals surface area contributed by atoms with Crippen molar-refractivity contribution in [3.05, 3.63) is 54.1 Å². The number of hydrogen-bond acceptors (Lipinski definition) is 4. The van der Waals surface area contributed by atoms with Crippen LogP contribution >= 0.6 is 0 Å². The fourth-order valence-corrected chi connectivity index (χ4v) is 1.83. The van der Waals surface area contributed by atoms with Crippen LogP contribution in [0.1, 0.15) is 5.56 Å². The second-order valence-electron chi connectivity index (χ2n) is 4.41. The molecule has 3 rings (SSSR count). The van der Waals surface area contributed by atoms with Crippen LogP contribution in [0.3, 0.4) is 0 Å². The molecule has 1 heterocycles. The lowest BCUT2D eigenvalue weighted by Gasteiger charge is -1.96. The molecule has 0 saturated heterocycles. The van der Waals surface area contributed by atoms with Gasteiger partial charge in [0.15, 0.2) is 0 Å². The number of anilines is 1. The van der Waals surface area contributed by atoms with Gasteiger partial charge < -0.3 is 10.3 Å². The van der Waals surface area contributed by atoms with Gasteiger partial charge in [0.05, 0.1) is 0 Å². The van der Waals surface area contributed by atoms with E-state index in [4.69, 9.17) is 10.3 Å². The lowest BCUT2D eigenvalue weighted by Crippen LogP contribution is -1.86. The standard InChI is InChI=1S/C15H13N3O/c1-10-5-7-11(8-6-10)15-17-14(18-19-15)12-3-2-4-13(16)9-12/h2-9H,16H2,1H3. The van der Waals surface area contributed by atoms with Crippen molar-refractivity contribution in [1.82, 2.24) is 10.1 Å². The molecule has 4 heteroatoms. The van der Waals surface area contributed by atoms with Gasteiger partial charge in [0.2, 0.25) is 5.82 Å². The topological polar surface area (TPSA) is 64.9 Å². The van der Waals surface area contributed by atoms with E-state index in [-0.39, 0.29) is 0 Å². The zero-order chi connectivity index (χ0) is 13.2. The Labute approximate surface area is 110 Å². The third-order valence-electron chi connectivity index (χ3n) is 2.87. The molecule has 94 valence electrons. The van der Waals surface area contributed by atoms with E-state index in [9.17, 15) is 0 Å². The van der Waals surface area contributed by atoms with Crippen molar-refractivity contribution < 1.29 is 4.52 Å². The average Bonchev–Trinajstić information content (AvgIpc) is 2.89. The molecule has 0 aliphatic heterocycles. The third-order valence-corrected chi connectivity index (χ3v) is 2.87. The van der Waals surface area contributed by atoms with Crippen LogP contribution in [0.5, 0.6) is 0 Å². The smallest absolute Gasteiger partial charge is 0.258 e. The minimum absolute atomic E-state index is 0.512. The highest BCUT2D eigenvalue weighted by Crippen LogP contribution is 2.23. The fraction of sp³-hybridized carbons (Fsp3) is 0.0667. The van der Waals surface area contributed by atoms with Crippen molar-refractivity contribution in [2.75, 3.05) is 5.73 Å². The molecule has 0 amide bonds. The first-order valence-electron chi connectivity index (χ1n) is 5.99. The predicted molar refractivity (Wildman–Crippen MR) is 74.3 cm³/mol. The SMILES string of the molecule is Cc1ccc(-c2nc(-c3cccc(N)c3)no2)cc1. The van der Waals surface area contributed by atoms with E-state index in [1.54, 1.807) is 0 Å². The molecule has 1 aromatic heterocycles. The summed E-state index contributed by atoms with van der Waals surface area (Å²) in [6.45, 7) is 2.04. The number of aryl methyl sites for hydroxylation is 1. The van der Waals surface area contributed by atoms with E-state index < -0.39 is 0 Å². The number of nitrogens with two attached hydrogens (primary N) is 1. The molecule has 0 atom stereocenters. The van der Waals surface area contributed by atoms with Gasteiger partial charge in [-0.1, -0.05) is 35.0 Å². The van der Waals surface area contributed by atoms with E-state index >= 15 is 0 Å². The van der Waals surface area contributed by atoms with Gasteiger partial charge in [-0.2, -0.15) is 4.98 Å². The minimum atomic E-state index is 0.512. The van der Waals surface area contributed by atoms with Crippen LogP contribution in [-0.4, -0.2) is 10.1 Å². The molecule has 0 radical (unpaired) electrons. The van der Waals surface area contributed by atoms with Crippen molar-refractivity contribution in [1.29, 1.82) is 0 Å². The normalized spacial score (nSPS) is 10.6. The number of hydrogen-bond donors (Lipinski definition) is 1. The maximum Gasteiger partial charge on any atom is 0.258 e. The Bertz CT molecular complexity index is 701. The average molecular weight is 251 g/mol. The van der Waals surface area contributed by atoms with Gasteiger partial charge in [-0.3, -0.25) is 0 Å². The molecular weight excluding hydrogens is 238 g/mol. The maximum atomic E-state index is 5.74. The molecule has 3 aromatic rings. The van der Waals surface area contributed by atoms with E-state index in [2.05, 4.69) is 10.1 Å². The van der Waals surface area contributed by atoms with E-state index in [0.29, 0.717) is 17.4 Å². The Morgan fingerprint density at radius 3 is 2.53 bits per heavy atom. The van der Waals surface area contributed by atoms with Crippen LogP contribution in [0.2, 0.25) is 0 Å². The van der Waals surface area contributed by atoms with Gasteiger partial charge in [0, 0.05) is 16.8 Å². The number of rotatable bonds is 2. The first-order chi connectivity index (χ1) is 9.22. The number of benzene rings is 2. The molecule has 0 aliphatic carbocycles. The Balaban J connectivity index is 1.97. The molecule has 2 N–H and O–H groups in total. The van der Waals surface area contributed by atoms with Gasteiger partial charge in [0.25, 0.3) is 5.89 Å².